The Morgan fingerprint density at radius 3 is 2.44 bits per heavy atom. The lowest BCUT2D eigenvalue weighted by molar-refractivity contribution is 1.86. The Morgan fingerprint density at radius 1 is 1.56 bits per heavy atom. The molecule has 0 fully saturated rings. The van der Waals surface area contributed by atoms with Crippen molar-refractivity contribution in [3.8, 4) is 12.3 Å². The molecule has 0 aromatic carbocycles. The number of hydrogen-bond donors (Lipinski definition) is 0. The molecule has 0 amide bonds. The van der Waals surface area contributed by atoms with E-state index in [0.717, 1.165) is 0 Å². The minimum atomic E-state index is 0.586. The number of hydrogen-bond acceptors (Lipinski definition) is 1. The van der Waals surface area contributed by atoms with Crippen molar-refractivity contribution in [2.24, 2.45) is 0 Å². The molecule has 0 unspecified atom stereocenters. The molecule has 0 bridgehead atoms. The van der Waals surface area contributed by atoms with E-state index in [1.54, 1.807) is 6.07 Å². The molecule has 46 valence electrons. The summed E-state index contributed by atoms with van der Waals surface area (Å²) < 4.78 is 1.22. The molecular formula is C6H2Cl2S. The van der Waals surface area contributed by atoms with Gasteiger partial charge in [0.05, 0.1) is 9.90 Å². The van der Waals surface area contributed by atoms with Gasteiger partial charge in [0, 0.05) is 0 Å². The van der Waals surface area contributed by atoms with Crippen molar-refractivity contribution in [2.75, 3.05) is 0 Å². The van der Waals surface area contributed by atoms with E-state index in [9.17, 15) is 0 Å². The van der Waals surface area contributed by atoms with Gasteiger partial charge in [0.2, 0.25) is 0 Å². The monoisotopic (exact) mass is 176 g/mol. The fourth-order valence-electron chi connectivity index (χ4n) is 0.439. The van der Waals surface area contributed by atoms with Crippen LogP contribution >= 0.6 is 34.5 Å². The Labute approximate surface area is 67.4 Å². The third-order valence-electron chi connectivity index (χ3n) is 0.812. The summed E-state index contributed by atoms with van der Waals surface area (Å²) in [4.78, 5) is 0. The van der Waals surface area contributed by atoms with Gasteiger partial charge >= 0.3 is 0 Å². The normalized spacial score (nSPS) is 9.00. The number of terminal acetylenes is 1. The lowest BCUT2D eigenvalue weighted by atomic mass is 10.4. The Balaban J connectivity index is 3.20. The summed E-state index contributed by atoms with van der Waals surface area (Å²) in [5.74, 6) is 2.41. The average Bonchev–Trinajstić information content (AvgIpc) is 2.10. The zero-order chi connectivity index (χ0) is 6.85. The SMILES string of the molecule is C#Cc1cc(Cl)sc1Cl. The number of halogens is 2. The average molecular weight is 177 g/mol. The van der Waals surface area contributed by atoms with Crippen LogP contribution in [0.1, 0.15) is 5.56 Å². The highest BCUT2D eigenvalue weighted by atomic mass is 35.5. The van der Waals surface area contributed by atoms with Crippen LogP contribution in [-0.2, 0) is 0 Å². The van der Waals surface area contributed by atoms with Crippen molar-refractivity contribution in [3.63, 3.8) is 0 Å². The first-order valence-corrected chi connectivity index (χ1v) is 3.72. The zero-order valence-corrected chi connectivity index (χ0v) is 6.65. The van der Waals surface area contributed by atoms with Gasteiger partial charge in [-0.05, 0) is 6.07 Å². The standard InChI is InChI=1S/C6H2Cl2S/c1-2-4-3-5(7)9-6(4)8/h1,3H. The third-order valence-corrected chi connectivity index (χ3v) is 2.30. The summed E-state index contributed by atoms with van der Waals surface area (Å²) in [6.45, 7) is 0. The van der Waals surface area contributed by atoms with Gasteiger partial charge in [-0.3, -0.25) is 0 Å². The number of rotatable bonds is 0. The quantitative estimate of drug-likeness (QED) is 0.534. The molecule has 1 heterocycles. The van der Waals surface area contributed by atoms with Crippen LogP contribution in [0.2, 0.25) is 8.67 Å². The van der Waals surface area contributed by atoms with Crippen LogP contribution in [0.4, 0.5) is 0 Å². The topological polar surface area (TPSA) is 0 Å². The van der Waals surface area contributed by atoms with Crippen molar-refractivity contribution in [1.29, 1.82) is 0 Å². The molecule has 0 N–H and O–H groups in total. The molecule has 0 spiro atoms. The van der Waals surface area contributed by atoms with Crippen LogP contribution in [0.15, 0.2) is 6.07 Å². The molecule has 0 nitrogen and oxygen atoms in total. The minimum absolute atomic E-state index is 0.586. The van der Waals surface area contributed by atoms with Crippen LogP contribution in [0.5, 0.6) is 0 Å². The number of thiophene rings is 1. The summed E-state index contributed by atoms with van der Waals surface area (Å²) in [7, 11) is 0. The maximum absolute atomic E-state index is 5.64. The van der Waals surface area contributed by atoms with Crippen LogP contribution < -0.4 is 0 Å². The predicted molar refractivity (Wildman–Crippen MR) is 42.3 cm³/mol. The Bertz CT molecular complexity index is 257. The molecule has 0 radical (unpaired) electrons. The van der Waals surface area contributed by atoms with Crippen LogP contribution in [0.3, 0.4) is 0 Å². The van der Waals surface area contributed by atoms with Crippen molar-refractivity contribution < 1.29 is 0 Å². The van der Waals surface area contributed by atoms with Gasteiger partial charge in [0.25, 0.3) is 0 Å². The van der Waals surface area contributed by atoms with Gasteiger partial charge in [-0.1, -0.05) is 29.1 Å². The first-order chi connectivity index (χ1) is 4.24. The third kappa shape index (κ3) is 1.40. The van der Waals surface area contributed by atoms with Gasteiger partial charge in [0.15, 0.2) is 0 Å². The molecule has 9 heavy (non-hydrogen) atoms. The van der Waals surface area contributed by atoms with Crippen molar-refractivity contribution in [2.45, 2.75) is 0 Å². The summed E-state index contributed by atoms with van der Waals surface area (Å²) in [6, 6.07) is 1.68. The second kappa shape index (κ2) is 2.62. The Kier molecular flexibility index (Phi) is 2.02. The van der Waals surface area contributed by atoms with E-state index in [-0.39, 0.29) is 0 Å². The highest BCUT2D eigenvalue weighted by Gasteiger charge is 2.00. The van der Waals surface area contributed by atoms with E-state index >= 15 is 0 Å². The molecule has 0 aliphatic heterocycles. The highest BCUT2D eigenvalue weighted by Crippen LogP contribution is 2.30. The maximum Gasteiger partial charge on any atom is 0.110 e. The predicted octanol–water partition coefficient (Wildman–Crippen LogP) is 3.04. The van der Waals surface area contributed by atoms with Gasteiger partial charge < -0.3 is 0 Å². The van der Waals surface area contributed by atoms with E-state index in [1.807, 2.05) is 0 Å². The smallest absolute Gasteiger partial charge is 0.110 e. The molecular weight excluding hydrogens is 175 g/mol. The van der Waals surface area contributed by atoms with E-state index in [1.165, 1.54) is 11.3 Å². The summed E-state index contributed by atoms with van der Waals surface area (Å²) in [5, 5.41) is 0. The van der Waals surface area contributed by atoms with Gasteiger partial charge in [-0.25, -0.2) is 0 Å². The lowest BCUT2D eigenvalue weighted by Crippen LogP contribution is -1.60. The fourth-order valence-corrected chi connectivity index (χ4v) is 1.83. The first kappa shape index (κ1) is 6.95. The van der Waals surface area contributed by atoms with Crippen LogP contribution in [0, 0.1) is 12.3 Å². The molecule has 0 atom stereocenters. The highest BCUT2D eigenvalue weighted by molar-refractivity contribution is 7.20. The lowest BCUT2D eigenvalue weighted by Gasteiger charge is -1.76. The zero-order valence-electron chi connectivity index (χ0n) is 4.32. The molecule has 1 aromatic heterocycles. The Morgan fingerprint density at radius 2 is 2.22 bits per heavy atom. The second-order valence-electron chi connectivity index (χ2n) is 1.38. The van der Waals surface area contributed by atoms with Crippen molar-refractivity contribution in [3.05, 3.63) is 20.3 Å². The fraction of sp³-hybridized carbons (Fsp3) is 0. The van der Waals surface area contributed by atoms with Crippen molar-refractivity contribution >= 4 is 34.5 Å². The summed E-state index contributed by atoms with van der Waals surface area (Å²) >= 11 is 12.5. The van der Waals surface area contributed by atoms with Gasteiger partial charge in [0.1, 0.15) is 4.34 Å². The molecule has 0 saturated heterocycles. The van der Waals surface area contributed by atoms with E-state index in [0.29, 0.717) is 14.2 Å². The molecule has 1 aromatic rings. The molecule has 0 aliphatic carbocycles. The molecule has 0 aliphatic rings. The molecule has 0 saturated carbocycles. The van der Waals surface area contributed by atoms with Crippen LogP contribution in [0.25, 0.3) is 0 Å². The van der Waals surface area contributed by atoms with Gasteiger partial charge in [-0.15, -0.1) is 17.8 Å². The van der Waals surface area contributed by atoms with E-state index in [4.69, 9.17) is 29.6 Å². The first-order valence-electron chi connectivity index (χ1n) is 2.15. The Hall–Kier alpha value is -0.160. The molecule has 3 heteroatoms. The van der Waals surface area contributed by atoms with Crippen LogP contribution in [-0.4, -0.2) is 0 Å². The van der Waals surface area contributed by atoms with Gasteiger partial charge in [-0.2, -0.15) is 0 Å². The summed E-state index contributed by atoms with van der Waals surface area (Å²) in [6.07, 6.45) is 5.08. The summed E-state index contributed by atoms with van der Waals surface area (Å²) in [5.41, 5.74) is 0.673. The minimum Gasteiger partial charge on any atom is -0.115 e. The second-order valence-corrected chi connectivity index (χ2v) is 3.67. The largest absolute Gasteiger partial charge is 0.115 e. The van der Waals surface area contributed by atoms with E-state index in [2.05, 4.69) is 5.92 Å². The van der Waals surface area contributed by atoms with Crippen molar-refractivity contribution in [1.82, 2.24) is 0 Å². The maximum atomic E-state index is 5.64. The molecule has 1 rings (SSSR count). The van der Waals surface area contributed by atoms with E-state index < -0.39 is 0 Å².